The van der Waals surface area contributed by atoms with Crippen molar-refractivity contribution in [3.63, 3.8) is 0 Å². The van der Waals surface area contributed by atoms with Crippen LogP contribution in [0.5, 0.6) is 0 Å². The van der Waals surface area contributed by atoms with Gasteiger partial charge in [-0.25, -0.2) is 24.6 Å². The van der Waals surface area contributed by atoms with Crippen LogP contribution in [0, 0.1) is 0 Å². The summed E-state index contributed by atoms with van der Waals surface area (Å²) in [5, 5.41) is 4.34. The number of pyridine rings is 2. The van der Waals surface area contributed by atoms with Crippen molar-refractivity contribution in [2.45, 2.75) is 18.9 Å². The summed E-state index contributed by atoms with van der Waals surface area (Å²) in [6.07, 6.45) is 13.1. The smallest absolute Gasteiger partial charge is 0.167 e. The third-order valence-electron chi connectivity index (χ3n) is 6.62. The van der Waals surface area contributed by atoms with Crippen LogP contribution in [0.3, 0.4) is 0 Å². The summed E-state index contributed by atoms with van der Waals surface area (Å²) >= 11 is 0. The number of imidazole rings is 2. The molecule has 0 saturated heterocycles. The van der Waals surface area contributed by atoms with Crippen LogP contribution in [-0.4, -0.2) is 38.9 Å². The molecule has 0 radical (unpaired) electrons. The molecule has 5 aromatic heterocycles. The predicted octanol–water partition coefficient (Wildman–Crippen LogP) is 3.98. The van der Waals surface area contributed by atoms with Gasteiger partial charge in [0.05, 0.1) is 17.9 Å². The number of anilines is 1. The number of hydrogen-bond acceptors (Lipinski definition) is 6. The first-order chi connectivity index (χ1) is 17.3. The van der Waals surface area contributed by atoms with Gasteiger partial charge in [0.1, 0.15) is 11.3 Å². The first kappa shape index (κ1) is 19.7. The molecule has 5 heterocycles. The van der Waals surface area contributed by atoms with E-state index >= 15 is 0 Å². The number of benzene rings is 1. The van der Waals surface area contributed by atoms with E-state index in [-0.39, 0.29) is 0 Å². The van der Waals surface area contributed by atoms with Gasteiger partial charge < -0.3 is 10.3 Å². The summed E-state index contributed by atoms with van der Waals surface area (Å²) in [6, 6.07) is 16.5. The van der Waals surface area contributed by atoms with Crippen molar-refractivity contribution >= 4 is 17.0 Å². The van der Waals surface area contributed by atoms with Crippen molar-refractivity contribution < 1.29 is 0 Å². The fraction of sp³-hybridized carbons (Fsp3) is 0.115. The Balaban J connectivity index is 1.44. The summed E-state index contributed by atoms with van der Waals surface area (Å²) in [5.41, 5.74) is 12.2. The Kier molecular flexibility index (Phi) is 4.28. The number of aromatic nitrogens is 8. The van der Waals surface area contributed by atoms with Gasteiger partial charge in [0.25, 0.3) is 0 Å². The zero-order valence-corrected chi connectivity index (χ0v) is 18.7. The van der Waals surface area contributed by atoms with Gasteiger partial charge in [0.15, 0.2) is 17.3 Å². The number of hydrogen-bond donors (Lipinski definition) is 1. The number of rotatable bonds is 4. The van der Waals surface area contributed by atoms with E-state index in [1.54, 1.807) is 17.1 Å². The molecule has 0 fully saturated rings. The second kappa shape index (κ2) is 7.63. The summed E-state index contributed by atoms with van der Waals surface area (Å²) in [7, 11) is 0. The molecule has 7 rings (SSSR count). The monoisotopic (exact) mass is 459 g/mol. The van der Waals surface area contributed by atoms with E-state index < -0.39 is 0 Å². The first-order valence-electron chi connectivity index (χ1n) is 11.5. The minimum Gasteiger partial charge on any atom is -0.383 e. The molecule has 0 bridgehead atoms. The average Bonchev–Trinajstić information content (AvgIpc) is 3.69. The number of aryl methyl sites for hydroxylation is 1. The van der Waals surface area contributed by atoms with Crippen LogP contribution < -0.4 is 5.73 Å². The Morgan fingerprint density at radius 2 is 1.91 bits per heavy atom. The molecule has 0 amide bonds. The van der Waals surface area contributed by atoms with Crippen LogP contribution in [0.15, 0.2) is 85.8 Å². The Labute approximate surface area is 200 Å². The maximum Gasteiger partial charge on any atom is 0.167 e. The lowest BCUT2D eigenvalue weighted by molar-refractivity contribution is 0.579. The number of fused-ring (bicyclic) bond motifs is 2. The van der Waals surface area contributed by atoms with E-state index in [4.69, 9.17) is 15.7 Å². The molecule has 0 aliphatic heterocycles. The third-order valence-corrected chi connectivity index (χ3v) is 6.62. The molecule has 6 aromatic rings. The zero-order valence-electron chi connectivity index (χ0n) is 18.7. The van der Waals surface area contributed by atoms with E-state index in [0.717, 1.165) is 41.1 Å². The lowest BCUT2D eigenvalue weighted by Crippen LogP contribution is -2.06. The topological polar surface area (TPSA) is 105 Å². The minimum atomic E-state index is 0.305. The highest BCUT2D eigenvalue weighted by Gasteiger charge is 2.25. The van der Waals surface area contributed by atoms with Crippen LogP contribution >= 0.6 is 0 Å². The van der Waals surface area contributed by atoms with Gasteiger partial charge in [-0.05, 0) is 66.4 Å². The third kappa shape index (κ3) is 3.12. The second-order valence-electron chi connectivity index (χ2n) is 8.62. The fourth-order valence-electron chi connectivity index (χ4n) is 5.00. The zero-order chi connectivity index (χ0) is 23.4. The molecule has 1 atom stereocenters. The molecule has 9 heteroatoms. The first-order valence-corrected chi connectivity index (χ1v) is 11.5. The largest absolute Gasteiger partial charge is 0.383 e. The maximum atomic E-state index is 6.28. The molecule has 1 aromatic carbocycles. The standard InChI is InChI=1S/C26H21N9/c27-24-20(3-1-10-29-24)25-31-21-7-9-23(34-13-2-11-30-34)32-26(21)35(25)18-5-6-19-17(15-18)4-8-22(19)33-14-12-28-16-33/h1-3,5-7,9-16,22H,4,8H2,(H2,27,29). The average molecular weight is 460 g/mol. The van der Waals surface area contributed by atoms with Gasteiger partial charge in [0.2, 0.25) is 0 Å². The Bertz CT molecular complexity index is 1660. The maximum absolute atomic E-state index is 6.28. The quantitative estimate of drug-likeness (QED) is 0.427. The van der Waals surface area contributed by atoms with E-state index in [1.165, 1.54) is 11.1 Å². The van der Waals surface area contributed by atoms with Gasteiger partial charge in [-0.15, -0.1) is 0 Å². The molecule has 170 valence electrons. The molecular formula is C26H21N9. The predicted molar refractivity (Wildman–Crippen MR) is 132 cm³/mol. The summed E-state index contributed by atoms with van der Waals surface area (Å²) < 4.78 is 5.99. The lowest BCUT2D eigenvalue weighted by atomic mass is 10.1. The molecular weight excluding hydrogens is 438 g/mol. The van der Waals surface area contributed by atoms with Crippen molar-refractivity contribution in [2.75, 3.05) is 5.73 Å². The molecule has 1 aliphatic carbocycles. The van der Waals surface area contributed by atoms with Crippen molar-refractivity contribution in [3.05, 3.63) is 97.0 Å². The van der Waals surface area contributed by atoms with Crippen molar-refractivity contribution in [1.29, 1.82) is 0 Å². The summed E-state index contributed by atoms with van der Waals surface area (Å²) in [4.78, 5) is 18.4. The summed E-state index contributed by atoms with van der Waals surface area (Å²) in [5.74, 6) is 1.85. The van der Waals surface area contributed by atoms with Gasteiger partial charge in [-0.3, -0.25) is 4.57 Å². The van der Waals surface area contributed by atoms with E-state index in [1.807, 2.05) is 55.2 Å². The highest BCUT2D eigenvalue weighted by Crippen LogP contribution is 2.37. The van der Waals surface area contributed by atoms with E-state index in [2.05, 4.69) is 42.4 Å². The second-order valence-corrected chi connectivity index (χ2v) is 8.62. The number of nitrogens with zero attached hydrogens (tertiary/aromatic N) is 8. The lowest BCUT2D eigenvalue weighted by Gasteiger charge is -2.15. The number of nitrogen functional groups attached to an aromatic ring is 1. The molecule has 1 aliphatic rings. The summed E-state index contributed by atoms with van der Waals surface area (Å²) in [6.45, 7) is 0. The van der Waals surface area contributed by atoms with Gasteiger partial charge in [0, 0.05) is 36.7 Å². The fourth-order valence-corrected chi connectivity index (χ4v) is 5.00. The Hall–Kier alpha value is -4.79. The van der Waals surface area contributed by atoms with E-state index in [0.29, 0.717) is 17.7 Å². The SMILES string of the molecule is Nc1ncccc1-c1nc2ccc(-n3cccn3)nc2n1-c1ccc2c(c1)CCC2n1ccnc1. The van der Waals surface area contributed by atoms with Crippen LogP contribution in [0.1, 0.15) is 23.6 Å². The van der Waals surface area contributed by atoms with Gasteiger partial charge >= 0.3 is 0 Å². The Morgan fingerprint density at radius 1 is 0.943 bits per heavy atom. The molecule has 9 nitrogen and oxygen atoms in total. The highest BCUT2D eigenvalue weighted by molar-refractivity contribution is 5.83. The van der Waals surface area contributed by atoms with Gasteiger partial charge in [-0.2, -0.15) is 5.10 Å². The van der Waals surface area contributed by atoms with Crippen molar-refractivity contribution in [1.82, 2.24) is 38.9 Å². The molecule has 1 unspecified atom stereocenters. The Morgan fingerprint density at radius 3 is 2.74 bits per heavy atom. The van der Waals surface area contributed by atoms with Crippen molar-refractivity contribution in [2.24, 2.45) is 0 Å². The molecule has 35 heavy (non-hydrogen) atoms. The molecule has 2 N–H and O–H groups in total. The van der Waals surface area contributed by atoms with Crippen LogP contribution in [-0.2, 0) is 6.42 Å². The van der Waals surface area contributed by atoms with Gasteiger partial charge in [-0.1, -0.05) is 6.07 Å². The van der Waals surface area contributed by atoms with Crippen LogP contribution in [0.2, 0.25) is 0 Å². The molecule has 0 spiro atoms. The van der Waals surface area contributed by atoms with Crippen molar-refractivity contribution in [3.8, 4) is 22.9 Å². The normalized spacial score (nSPS) is 15.0. The van der Waals surface area contributed by atoms with Crippen LogP contribution in [0.4, 0.5) is 5.82 Å². The molecule has 0 saturated carbocycles. The van der Waals surface area contributed by atoms with E-state index in [9.17, 15) is 0 Å². The van der Waals surface area contributed by atoms with Crippen LogP contribution in [0.25, 0.3) is 34.1 Å². The highest BCUT2D eigenvalue weighted by atomic mass is 15.3. The number of nitrogens with two attached hydrogens (primary N) is 1. The minimum absolute atomic E-state index is 0.305.